The molecule has 9 heteroatoms. The molecular formula is C24H29N7O2. The summed E-state index contributed by atoms with van der Waals surface area (Å²) in [5.41, 5.74) is 2.60. The van der Waals surface area contributed by atoms with Crippen LogP contribution in [0.3, 0.4) is 0 Å². The molecule has 2 aromatic heterocycles. The molecule has 33 heavy (non-hydrogen) atoms. The van der Waals surface area contributed by atoms with Crippen LogP contribution >= 0.6 is 0 Å². The summed E-state index contributed by atoms with van der Waals surface area (Å²) in [7, 11) is 2.15. The molecule has 0 unspecified atom stereocenters. The van der Waals surface area contributed by atoms with Gasteiger partial charge in [-0.15, -0.1) is 0 Å². The van der Waals surface area contributed by atoms with E-state index >= 15 is 0 Å². The number of aromatic nitrogens is 4. The van der Waals surface area contributed by atoms with Gasteiger partial charge in [0.1, 0.15) is 5.52 Å². The van der Waals surface area contributed by atoms with Crippen LogP contribution in [0.15, 0.2) is 35.3 Å². The number of fused-ring (bicyclic) bond motifs is 1. The Hall–Kier alpha value is -3.33. The van der Waals surface area contributed by atoms with Gasteiger partial charge in [-0.2, -0.15) is 4.98 Å². The molecule has 0 spiro atoms. The van der Waals surface area contributed by atoms with Crippen LogP contribution in [0.1, 0.15) is 49.1 Å². The van der Waals surface area contributed by atoms with Crippen molar-refractivity contribution in [2.24, 2.45) is 0 Å². The molecule has 2 fully saturated rings. The minimum Gasteiger partial charge on any atom is -0.369 e. The third-order valence-corrected chi connectivity index (χ3v) is 6.65. The van der Waals surface area contributed by atoms with Gasteiger partial charge in [-0.25, -0.2) is 9.97 Å². The van der Waals surface area contributed by atoms with Crippen molar-refractivity contribution in [1.82, 2.24) is 24.4 Å². The van der Waals surface area contributed by atoms with E-state index in [4.69, 9.17) is 0 Å². The van der Waals surface area contributed by atoms with E-state index in [0.717, 1.165) is 57.5 Å². The Morgan fingerprint density at radius 2 is 1.73 bits per heavy atom. The number of benzene rings is 1. The van der Waals surface area contributed by atoms with E-state index in [1.165, 1.54) is 12.6 Å². The van der Waals surface area contributed by atoms with Gasteiger partial charge in [-0.3, -0.25) is 14.2 Å². The Bertz CT molecular complexity index is 1220. The molecule has 172 valence electrons. The fourth-order valence-electron chi connectivity index (χ4n) is 4.74. The van der Waals surface area contributed by atoms with E-state index < -0.39 is 0 Å². The second-order valence-electron chi connectivity index (χ2n) is 8.99. The second-order valence-corrected chi connectivity index (χ2v) is 8.99. The number of nitrogens with zero attached hydrogens (tertiary/aromatic N) is 6. The number of hydrogen-bond acceptors (Lipinski definition) is 8. The van der Waals surface area contributed by atoms with Crippen LogP contribution < -0.4 is 15.8 Å². The second kappa shape index (κ2) is 8.90. The topological polar surface area (TPSA) is 96.2 Å². The third-order valence-electron chi connectivity index (χ3n) is 6.65. The molecule has 0 bridgehead atoms. The first-order valence-corrected chi connectivity index (χ1v) is 11.6. The molecule has 1 N–H and O–H groups in total. The highest BCUT2D eigenvalue weighted by molar-refractivity contribution is 5.93. The molecule has 1 saturated heterocycles. The van der Waals surface area contributed by atoms with E-state index in [-0.39, 0.29) is 23.1 Å². The van der Waals surface area contributed by atoms with Crippen molar-refractivity contribution < 1.29 is 4.79 Å². The highest BCUT2D eigenvalue weighted by Crippen LogP contribution is 2.30. The first-order valence-electron chi connectivity index (χ1n) is 11.6. The SMILES string of the molecule is CC(=O)c1nc2cnc(Nc3ccc(N4CCN(C)CC4)cc3)nc2n(C2CCCC2)c1=O. The molecule has 9 nitrogen and oxygen atoms in total. The van der Waals surface area contributed by atoms with E-state index in [2.05, 4.69) is 49.2 Å². The number of likely N-dealkylation sites (N-methyl/N-ethyl adjacent to an activating group) is 1. The van der Waals surface area contributed by atoms with Crippen LogP contribution in [0.25, 0.3) is 11.2 Å². The highest BCUT2D eigenvalue weighted by Gasteiger charge is 2.24. The molecule has 0 radical (unpaired) electrons. The van der Waals surface area contributed by atoms with Crippen molar-refractivity contribution in [2.45, 2.75) is 38.6 Å². The van der Waals surface area contributed by atoms with Gasteiger partial charge in [0, 0.05) is 50.5 Å². The Morgan fingerprint density at radius 1 is 1.03 bits per heavy atom. The predicted molar refractivity (Wildman–Crippen MR) is 129 cm³/mol. The van der Waals surface area contributed by atoms with Crippen molar-refractivity contribution in [1.29, 1.82) is 0 Å². The standard InChI is InChI=1S/C24H29N7O2/c1-16(32)21-23(33)31(19-5-3-4-6-19)22-20(27-21)15-25-24(28-22)26-17-7-9-18(10-8-17)30-13-11-29(2)12-14-30/h7-10,15,19H,3-6,11-14H2,1-2H3,(H,25,26,28). The molecule has 1 aromatic carbocycles. The third kappa shape index (κ3) is 4.32. The van der Waals surface area contributed by atoms with Gasteiger partial charge in [0.25, 0.3) is 5.56 Å². The van der Waals surface area contributed by atoms with Crippen LogP contribution in [0.5, 0.6) is 0 Å². The lowest BCUT2D eigenvalue weighted by Gasteiger charge is -2.34. The van der Waals surface area contributed by atoms with Crippen LogP contribution in [0.2, 0.25) is 0 Å². The first-order chi connectivity index (χ1) is 16.0. The largest absolute Gasteiger partial charge is 0.369 e. The van der Waals surface area contributed by atoms with E-state index in [9.17, 15) is 9.59 Å². The summed E-state index contributed by atoms with van der Waals surface area (Å²) < 4.78 is 1.66. The summed E-state index contributed by atoms with van der Waals surface area (Å²) in [6.45, 7) is 5.53. The quantitative estimate of drug-likeness (QED) is 0.597. The fourth-order valence-corrected chi connectivity index (χ4v) is 4.74. The van der Waals surface area contributed by atoms with Gasteiger partial charge in [0.15, 0.2) is 17.1 Å². The summed E-state index contributed by atoms with van der Waals surface area (Å²) in [4.78, 5) is 43.1. The maximum absolute atomic E-state index is 13.1. The number of carbonyl (C=O) groups excluding carboxylic acids is 1. The zero-order chi connectivity index (χ0) is 22.9. The predicted octanol–water partition coefficient (Wildman–Crippen LogP) is 3.00. The van der Waals surface area contributed by atoms with Gasteiger partial charge in [-0.1, -0.05) is 12.8 Å². The van der Waals surface area contributed by atoms with Gasteiger partial charge >= 0.3 is 0 Å². The van der Waals surface area contributed by atoms with Crippen LogP contribution in [0.4, 0.5) is 17.3 Å². The highest BCUT2D eigenvalue weighted by atomic mass is 16.1. The summed E-state index contributed by atoms with van der Waals surface area (Å²) in [5, 5.41) is 3.25. The van der Waals surface area contributed by atoms with Crippen LogP contribution in [-0.4, -0.2) is 63.4 Å². The monoisotopic (exact) mass is 447 g/mol. The normalized spacial score (nSPS) is 17.6. The average Bonchev–Trinajstić information content (AvgIpc) is 3.34. The molecule has 2 aliphatic rings. The minimum absolute atomic E-state index is 0.0340. The van der Waals surface area contributed by atoms with Crippen molar-refractivity contribution >= 4 is 34.3 Å². The Morgan fingerprint density at radius 3 is 2.39 bits per heavy atom. The van der Waals surface area contributed by atoms with Gasteiger partial charge in [0.2, 0.25) is 5.95 Å². The van der Waals surface area contributed by atoms with Crippen LogP contribution in [-0.2, 0) is 0 Å². The lowest BCUT2D eigenvalue weighted by Crippen LogP contribution is -2.44. The van der Waals surface area contributed by atoms with Gasteiger partial charge in [-0.05, 0) is 44.2 Å². The Balaban J connectivity index is 1.44. The zero-order valence-corrected chi connectivity index (χ0v) is 19.1. The van der Waals surface area contributed by atoms with Gasteiger partial charge in [0.05, 0.1) is 6.20 Å². The van der Waals surface area contributed by atoms with Gasteiger partial charge < -0.3 is 15.1 Å². The zero-order valence-electron chi connectivity index (χ0n) is 19.1. The van der Waals surface area contributed by atoms with Crippen molar-refractivity contribution in [3.05, 3.63) is 46.5 Å². The number of rotatable bonds is 5. The van der Waals surface area contributed by atoms with E-state index in [1.54, 1.807) is 10.8 Å². The maximum Gasteiger partial charge on any atom is 0.282 e. The number of anilines is 3. The summed E-state index contributed by atoms with van der Waals surface area (Å²) in [6.07, 6.45) is 5.51. The fraction of sp³-hybridized carbons (Fsp3) is 0.458. The molecule has 1 aliphatic carbocycles. The molecule has 0 atom stereocenters. The smallest absolute Gasteiger partial charge is 0.282 e. The Labute approximate surface area is 192 Å². The molecular weight excluding hydrogens is 418 g/mol. The van der Waals surface area contributed by atoms with E-state index in [0.29, 0.717) is 17.1 Å². The lowest BCUT2D eigenvalue weighted by atomic mass is 10.2. The number of piperazine rings is 1. The number of hydrogen-bond donors (Lipinski definition) is 1. The lowest BCUT2D eigenvalue weighted by molar-refractivity contribution is 0.101. The van der Waals surface area contributed by atoms with Crippen LogP contribution in [0, 0.1) is 0 Å². The first kappa shape index (κ1) is 21.5. The maximum atomic E-state index is 13.1. The molecule has 3 aromatic rings. The summed E-state index contributed by atoms with van der Waals surface area (Å²) in [6, 6.07) is 8.27. The molecule has 5 rings (SSSR count). The molecule has 1 aliphatic heterocycles. The van der Waals surface area contributed by atoms with Crippen molar-refractivity contribution in [2.75, 3.05) is 43.4 Å². The molecule has 1 saturated carbocycles. The summed E-state index contributed by atoms with van der Waals surface area (Å²) >= 11 is 0. The number of carbonyl (C=O) groups is 1. The number of nitrogens with one attached hydrogen (secondary N) is 1. The Kier molecular flexibility index (Phi) is 5.80. The summed E-state index contributed by atoms with van der Waals surface area (Å²) in [5.74, 6) is 0.0645. The molecule has 0 amide bonds. The van der Waals surface area contributed by atoms with Crippen molar-refractivity contribution in [3.8, 4) is 0 Å². The number of Topliss-reactive ketones (excluding diaryl/α,β-unsaturated/α-hetero) is 1. The van der Waals surface area contributed by atoms with Crippen molar-refractivity contribution in [3.63, 3.8) is 0 Å². The molecule has 3 heterocycles. The van der Waals surface area contributed by atoms with E-state index in [1.807, 2.05) is 12.1 Å². The minimum atomic E-state index is -0.358. The number of ketones is 1. The average molecular weight is 448 g/mol.